The zero-order chi connectivity index (χ0) is 35.5. The van der Waals surface area contributed by atoms with Crippen LogP contribution < -0.4 is 11.1 Å². The highest BCUT2D eigenvalue weighted by Crippen LogP contribution is 2.35. The number of unbranched alkanes of at least 4 members (excludes halogenated alkanes) is 2. The summed E-state index contributed by atoms with van der Waals surface area (Å²) in [5.41, 5.74) is 5.47. The number of nitrogens with one attached hydrogen (secondary N) is 1. The number of amides is 1. The van der Waals surface area contributed by atoms with Crippen LogP contribution in [-0.4, -0.2) is 177 Å². The van der Waals surface area contributed by atoms with E-state index in [1.54, 1.807) is 14.7 Å². The minimum atomic E-state index is -1.03. The number of carboxylic acid groups (broad SMARTS) is 3. The molecule has 2 rings (SSSR count). The molecule has 0 atom stereocenters. The summed E-state index contributed by atoms with van der Waals surface area (Å²) < 4.78 is 1.28. The Morgan fingerprint density at radius 2 is 1.19 bits per heavy atom. The molecule has 2 heterocycles. The maximum Gasteiger partial charge on any atom is 0.317 e. The van der Waals surface area contributed by atoms with Crippen LogP contribution in [0.15, 0.2) is 11.0 Å². The third-order valence-corrected chi connectivity index (χ3v) is 8.84. The van der Waals surface area contributed by atoms with E-state index in [1.807, 2.05) is 4.90 Å². The number of nitrogens with zero attached hydrogens (tertiary/aromatic N) is 5. The fourth-order valence-electron chi connectivity index (χ4n) is 5.24. The Labute approximate surface area is 284 Å². The maximum atomic E-state index is 13.0. The molecule has 272 valence electrons. The number of aromatic nitrogens is 1. The van der Waals surface area contributed by atoms with Crippen LogP contribution >= 0.6 is 11.8 Å². The molecule has 0 unspecified atom stereocenters. The van der Waals surface area contributed by atoms with Gasteiger partial charge in [0.2, 0.25) is 11.8 Å². The molecule has 0 radical (unpaired) electrons. The normalized spacial score (nSPS) is 16.2. The quantitative estimate of drug-likeness (QED) is 0.0641. The van der Waals surface area contributed by atoms with Gasteiger partial charge in [-0.3, -0.25) is 48.1 Å². The topological polar surface area (TPSA) is 242 Å². The lowest BCUT2D eigenvalue weighted by molar-refractivity contribution is -0.140. The van der Waals surface area contributed by atoms with Crippen molar-refractivity contribution in [2.75, 3.05) is 97.4 Å². The van der Waals surface area contributed by atoms with Crippen LogP contribution in [0.25, 0.3) is 0 Å². The first-order valence-electron chi connectivity index (χ1n) is 16.2. The number of carbonyl (C=O) groups excluding carboxylic acids is 2. The third-order valence-electron chi connectivity index (χ3n) is 7.82. The largest absolute Gasteiger partial charge is 0.494 e. The number of ketones is 1. The second-order valence-electron chi connectivity index (χ2n) is 11.8. The van der Waals surface area contributed by atoms with E-state index in [0.717, 1.165) is 31.0 Å². The third kappa shape index (κ3) is 16.6. The van der Waals surface area contributed by atoms with Gasteiger partial charge in [0.05, 0.1) is 36.8 Å². The van der Waals surface area contributed by atoms with Gasteiger partial charge in [0.25, 0.3) is 0 Å². The number of nitrogens with two attached hydrogens (primary N) is 1. The number of hydrogen-bond acceptors (Lipinski definition) is 13. The first kappa shape index (κ1) is 40.8. The molecule has 0 aliphatic carbocycles. The van der Waals surface area contributed by atoms with Crippen LogP contribution in [0.4, 0.5) is 0 Å². The minimum absolute atomic E-state index is 0.0407. The van der Waals surface area contributed by atoms with E-state index in [-0.39, 0.29) is 94.5 Å². The fourth-order valence-corrected chi connectivity index (χ4v) is 6.06. The molecule has 18 heteroatoms. The van der Waals surface area contributed by atoms with Crippen molar-refractivity contribution in [3.63, 3.8) is 0 Å². The highest BCUT2D eigenvalue weighted by molar-refractivity contribution is 8.00. The second kappa shape index (κ2) is 22.3. The van der Waals surface area contributed by atoms with Crippen LogP contribution in [0, 0.1) is 0 Å². The SMILES string of the molecule is NCCCCCNC(=O)CSc1cc(O)n(CCCC(=O)CN2CCN(CC(=O)O)CCN(CC(=O)O)CCN(CC(=O)O)CC2)c1O. The molecular weight excluding hydrogens is 650 g/mol. The molecule has 1 aliphatic heterocycles. The van der Waals surface area contributed by atoms with Crippen molar-refractivity contribution in [3.8, 4) is 11.8 Å². The van der Waals surface area contributed by atoms with Gasteiger partial charge in [-0.05, 0) is 25.8 Å². The van der Waals surface area contributed by atoms with Crippen molar-refractivity contribution in [1.82, 2.24) is 29.5 Å². The van der Waals surface area contributed by atoms with Crippen LogP contribution in [0.2, 0.25) is 0 Å². The Balaban J connectivity index is 1.95. The molecule has 1 aromatic heterocycles. The van der Waals surface area contributed by atoms with Gasteiger partial charge in [-0.2, -0.15) is 0 Å². The van der Waals surface area contributed by atoms with E-state index in [4.69, 9.17) is 5.73 Å². The van der Waals surface area contributed by atoms with Crippen LogP contribution in [0.5, 0.6) is 11.8 Å². The number of Topliss-reactive ketones (excluding diaryl/α,β-unsaturated/α-hetero) is 1. The first-order valence-corrected chi connectivity index (χ1v) is 17.1. The predicted molar refractivity (Wildman–Crippen MR) is 177 cm³/mol. The lowest BCUT2D eigenvalue weighted by Gasteiger charge is -2.32. The summed E-state index contributed by atoms with van der Waals surface area (Å²) in [5.74, 6) is -3.72. The number of hydrogen-bond donors (Lipinski definition) is 7. The Morgan fingerprint density at radius 1 is 0.708 bits per heavy atom. The molecule has 1 fully saturated rings. The van der Waals surface area contributed by atoms with Gasteiger partial charge in [-0.25, -0.2) is 0 Å². The lowest BCUT2D eigenvalue weighted by atomic mass is 10.2. The van der Waals surface area contributed by atoms with Gasteiger partial charge in [0.15, 0.2) is 5.88 Å². The monoisotopic (exact) mass is 701 g/mol. The average Bonchev–Trinajstić information content (AvgIpc) is 3.28. The summed E-state index contributed by atoms with van der Waals surface area (Å²) in [4.78, 5) is 66.7. The number of carbonyl (C=O) groups is 5. The molecule has 0 aromatic carbocycles. The predicted octanol–water partition coefficient (Wildman–Crippen LogP) is -0.939. The molecule has 0 spiro atoms. The summed E-state index contributed by atoms with van der Waals surface area (Å²) >= 11 is 1.09. The Morgan fingerprint density at radius 3 is 1.65 bits per heavy atom. The number of aromatic hydroxyl groups is 2. The summed E-state index contributed by atoms with van der Waals surface area (Å²) in [5, 5.41) is 51.9. The summed E-state index contributed by atoms with van der Waals surface area (Å²) in [6.07, 6.45) is 3.09. The number of thioether (sulfide) groups is 1. The van der Waals surface area contributed by atoms with Crippen molar-refractivity contribution in [2.45, 2.75) is 43.5 Å². The molecule has 1 amide bonds. The van der Waals surface area contributed by atoms with Gasteiger partial charge in [-0.1, -0.05) is 6.42 Å². The van der Waals surface area contributed by atoms with Gasteiger partial charge < -0.3 is 36.6 Å². The number of carboxylic acids is 3. The standard InChI is InChI=1S/C30H51N7O10S/c31-6-2-1-3-7-32-25(39)22-48-24-17-26(40)37(30(24)47)8-4-5-23(38)18-33-9-11-34(19-27(41)42)13-15-36(21-29(45)46)16-14-35(12-10-33)20-28(43)44/h17,40,47H,1-16,18-22,31H2,(H,32,39)(H,41,42)(H,43,44)(H,45,46). The molecule has 1 aliphatic rings. The van der Waals surface area contributed by atoms with Crippen LogP contribution in [0.3, 0.4) is 0 Å². The van der Waals surface area contributed by atoms with Crippen LogP contribution in [-0.2, 0) is 30.5 Å². The van der Waals surface area contributed by atoms with Gasteiger partial charge >= 0.3 is 17.9 Å². The molecular formula is C30H51N7O10S. The zero-order valence-electron chi connectivity index (χ0n) is 27.4. The molecule has 17 nitrogen and oxygen atoms in total. The zero-order valence-corrected chi connectivity index (χ0v) is 28.2. The molecule has 1 aromatic rings. The summed E-state index contributed by atoms with van der Waals surface area (Å²) in [6.45, 7) is 2.98. The van der Waals surface area contributed by atoms with E-state index < -0.39 is 17.9 Å². The van der Waals surface area contributed by atoms with Gasteiger partial charge in [0, 0.05) is 77.9 Å². The van der Waals surface area contributed by atoms with E-state index >= 15 is 0 Å². The highest BCUT2D eigenvalue weighted by Gasteiger charge is 2.22. The summed E-state index contributed by atoms with van der Waals surface area (Å²) in [7, 11) is 0. The van der Waals surface area contributed by atoms with E-state index in [9.17, 15) is 49.5 Å². The van der Waals surface area contributed by atoms with Crippen LogP contribution in [0.1, 0.15) is 32.1 Å². The summed E-state index contributed by atoms with van der Waals surface area (Å²) in [6, 6.07) is 1.37. The molecule has 0 bridgehead atoms. The molecule has 1 saturated heterocycles. The second-order valence-corrected chi connectivity index (χ2v) is 12.8. The first-order chi connectivity index (χ1) is 22.9. The Hall–Kier alpha value is -3.42. The van der Waals surface area contributed by atoms with Crippen molar-refractivity contribution in [1.29, 1.82) is 0 Å². The van der Waals surface area contributed by atoms with Crippen molar-refractivity contribution in [3.05, 3.63) is 6.07 Å². The maximum absolute atomic E-state index is 13.0. The number of rotatable bonds is 20. The molecule has 48 heavy (non-hydrogen) atoms. The number of aliphatic carboxylic acids is 3. The van der Waals surface area contributed by atoms with Crippen molar-refractivity contribution in [2.24, 2.45) is 5.73 Å². The lowest BCUT2D eigenvalue weighted by Crippen LogP contribution is -2.49. The Kier molecular flexibility index (Phi) is 18.9. The van der Waals surface area contributed by atoms with Gasteiger partial charge in [0.1, 0.15) is 5.78 Å². The van der Waals surface area contributed by atoms with E-state index in [0.29, 0.717) is 50.6 Å². The van der Waals surface area contributed by atoms with Crippen molar-refractivity contribution >= 4 is 41.4 Å². The van der Waals surface area contributed by atoms with E-state index in [1.165, 1.54) is 10.6 Å². The average molecular weight is 702 g/mol. The molecule has 8 N–H and O–H groups in total. The smallest absolute Gasteiger partial charge is 0.317 e. The fraction of sp³-hybridized carbons (Fsp3) is 0.700. The van der Waals surface area contributed by atoms with Crippen molar-refractivity contribution < 1.29 is 49.5 Å². The molecule has 0 saturated carbocycles. The Bertz CT molecular complexity index is 1170. The van der Waals surface area contributed by atoms with E-state index in [2.05, 4.69) is 5.32 Å². The highest BCUT2D eigenvalue weighted by atomic mass is 32.2. The van der Waals surface area contributed by atoms with Gasteiger partial charge in [-0.15, -0.1) is 11.8 Å². The minimum Gasteiger partial charge on any atom is -0.494 e.